The van der Waals surface area contributed by atoms with Crippen LogP contribution >= 0.6 is 0 Å². The molecule has 0 aliphatic carbocycles. The number of carboxylic acid groups (broad SMARTS) is 4. The Bertz CT molecular complexity index is 1560. The van der Waals surface area contributed by atoms with Crippen LogP contribution in [-0.4, -0.2) is 44.3 Å². The summed E-state index contributed by atoms with van der Waals surface area (Å²) in [5, 5.41) is 41.4. The van der Waals surface area contributed by atoms with Gasteiger partial charge in [0.1, 0.15) is 24.7 Å². The fourth-order valence-electron chi connectivity index (χ4n) is 5.01. The first-order valence-corrected chi connectivity index (χ1v) is 13.2. The highest BCUT2D eigenvalue weighted by Crippen LogP contribution is 2.44. The van der Waals surface area contributed by atoms with Crippen molar-refractivity contribution in [3.05, 3.63) is 132 Å². The first-order valence-electron chi connectivity index (χ1n) is 13.2. The van der Waals surface area contributed by atoms with Gasteiger partial charge in [-0.2, -0.15) is 0 Å². The number of carbonyl (C=O) groups is 4. The maximum absolute atomic E-state index is 14.8. The molecular weight excluding hydrogens is 612 g/mol. The summed E-state index contributed by atoms with van der Waals surface area (Å²) in [6, 6.07) is 5.60. The van der Waals surface area contributed by atoms with Crippen molar-refractivity contribution in [2.45, 2.75) is 24.7 Å². The second-order valence-corrected chi connectivity index (χ2v) is 9.80. The SMILES string of the molecule is C=CC(F)c1cc(-c2c(C(=O)O)c(C(=O)O)c(-c3cc(C(F)C=C)cc(C(F)C=C)c3)c(C(=O)O)c2C(=O)O)cc(C(F)C=C)c1. The maximum Gasteiger partial charge on any atom is 0.337 e. The average molecular weight is 639 g/mol. The molecule has 12 heteroatoms. The van der Waals surface area contributed by atoms with Gasteiger partial charge in [0.2, 0.25) is 0 Å². The van der Waals surface area contributed by atoms with Crippen LogP contribution in [0.15, 0.2) is 87.0 Å². The average Bonchev–Trinajstić information content (AvgIpc) is 3.04. The molecule has 0 spiro atoms. The van der Waals surface area contributed by atoms with E-state index >= 15 is 0 Å². The lowest BCUT2D eigenvalue weighted by atomic mass is 9.79. The molecular formula is C34H26F4O8. The molecule has 238 valence electrons. The van der Waals surface area contributed by atoms with Gasteiger partial charge in [0.25, 0.3) is 0 Å². The van der Waals surface area contributed by atoms with Crippen LogP contribution in [0.25, 0.3) is 22.3 Å². The van der Waals surface area contributed by atoms with E-state index in [0.717, 1.165) is 60.7 Å². The third kappa shape index (κ3) is 6.50. The van der Waals surface area contributed by atoms with Gasteiger partial charge in [-0.15, -0.1) is 0 Å². The Morgan fingerprint density at radius 2 is 0.652 bits per heavy atom. The second kappa shape index (κ2) is 13.9. The maximum atomic E-state index is 14.8. The second-order valence-electron chi connectivity index (χ2n) is 9.80. The summed E-state index contributed by atoms with van der Waals surface area (Å²) in [7, 11) is 0. The van der Waals surface area contributed by atoms with Gasteiger partial charge in [0, 0.05) is 11.1 Å². The Morgan fingerprint density at radius 3 is 0.804 bits per heavy atom. The van der Waals surface area contributed by atoms with E-state index in [1.165, 1.54) is 0 Å². The van der Waals surface area contributed by atoms with Crippen molar-refractivity contribution in [1.29, 1.82) is 0 Å². The van der Waals surface area contributed by atoms with E-state index in [1.807, 2.05) is 0 Å². The molecule has 4 N–H and O–H groups in total. The summed E-state index contributed by atoms with van der Waals surface area (Å²) in [6.07, 6.45) is -4.85. The molecule has 0 heterocycles. The van der Waals surface area contributed by atoms with Crippen LogP contribution < -0.4 is 0 Å². The number of rotatable bonds is 14. The molecule has 3 aromatic carbocycles. The molecule has 3 rings (SSSR count). The smallest absolute Gasteiger partial charge is 0.337 e. The van der Waals surface area contributed by atoms with Crippen LogP contribution in [-0.2, 0) is 0 Å². The molecule has 0 aliphatic heterocycles. The van der Waals surface area contributed by atoms with E-state index in [2.05, 4.69) is 26.3 Å². The van der Waals surface area contributed by atoms with Gasteiger partial charge < -0.3 is 20.4 Å². The monoisotopic (exact) mass is 638 g/mol. The summed E-state index contributed by atoms with van der Waals surface area (Å²) < 4.78 is 59.3. The topological polar surface area (TPSA) is 149 Å². The van der Waals surface area contributed by atoms with Crippen molar-refractivity contribution in [3.63, 3.8) is 0 Å². The summed E-state index contributed by atoms with van der Waals surface area (Å²) in [5.74, 6) is -8.27. The first-order chi connectivity index (χ1) is 21.6. The molecule has 0 amide bonds. The van der Waals surface area contributed by atoms with Gasteiger partial charge in [-0.3, -0.25) is 0 Å². The number of benzene rings is 3. The fraction of sp³-hybridized carbons (Fsp3) is 0.118. The van der Waals surface area contributed by atoms with Crippen molar-refractivity contribution in [3.8, 4) is 22.3 Å². The first kappa shape index (κ1) is 34.7. The summed E-state index contributed by atoms with van der Waals surface area (Å²) in [5.41, 5.74) is -9.65. The zero-order valence-corrected chi connectivity index (χ0v) is 23.8. The molecule has 4 unspecified atom stereocenters. The van der Waals surface area contributed by atoms with Crippen LogP contribution in [0.5, 0.6) is 0 Å². The minimum absolute atomic E-state index is 0.355. The number of halogens is 4. The summed E-state index contributed by atoms with van der Waals surface area (Å²) in [6.45, 7) is 13.2. The molecule has 3 aromatic rings. The van der Waals surface area contributed by atoms with E-state index in [-0.39, 0.29) is 22.3 Å². The van der Waals surface area contributed by atoms with Gasteiger partial charge >= 0.3 is 23.9 Å². The molecule has 4 atom stereocenters. The lowest BCUT2D eigenvalue weighted by Gasteiger charge is -2.23. The van der Waals surface area contributed by atoms with Gasteiger partial charge in [-0.1, -0.05) is 50.6 Å². The Kier molecular flexibility index (Phi) is 10.5. The van der Waals surface area contributed by atoms with Gasteiger partial charge in [-0.05, 0) is 69.8 Å². The molecule has 0 saturated carbocycles. The standard InChI is InChI=1S/C34H26F4O8/c1-5-21(35)15-9-16(22(36)6-2)12-19(11-15)25-27(31(39)40)29(33(43)44)26(30(34(45)46)28(25)32(41)42)20-13-17(23(37)7-3)10-18(14-20)24(38)8-4/h5-14,21-24H,1-4H2,(H,39,40)(H,41,42)(H,43,44)(H,45,46). The summed E-state index contributed by atoms with van der Waals surface area (Å²) in [4.78, 5) is 51.3. The fourth-order valence-corrected chi connectivity index (χ4v) is 5.01. The zero-order chi connectivity index (χ0) is 34.6. The van der Waals surface area contributed by atoms with Gasteiger partial charge in [0.05, 0.1) is 22.3 Å². The number of alkyl halides is 4. The largest absolute Gasteiger partial charge is 0.478 e. The van der Waals surface area contributed by atoms with Crippen LogP contribution in [0.1, 0.15) is 88.4 Å². The molecule has 0 radical (unpaired) electrons. The van der Waals surface area contributed by atoms with Crippen molar-refractivity contribution in [2.24, 2.45) is 0 Å². The number of hydrogen-bond donors (Lipinski definition) is 4. The van der Waals surface area contributed by atoms with E-state index in [0.29, 0.717) is 0 Å². The lowest BCUT2D eigenvalue weighted by molar-refractivity contribution is 0.0639. The highest BCUT2D eigenvalue weighted by atomic mass is 19.1. The van der Waals surface area contributed by atoms with Crippen molar-refractivity contribution in [2.75, 3.05) is 0 Å². The highest BCUT2D eigenvalue weighted by molar-refractivity contribution is 6.21. The summed E-state index contributed by atoms with van der Waals surface area (Å²) >= 11 is 0. The number of hydrogen-bond acceptors (Lipinski definition) is 4. The van der Waals surface area contributed by atoms with Crippen LogP contribution in [0.2, 0.25) is 0 Å². The van der Waals surface area contributed by atoms with E-state index < -0.39 is 93.1 Å². The Labute approximate surface area is 259 Å². The van der Waals surface area contributed by atoms with Crippen LogP contribution in [0.3, 0.4) is 0 Å². The normalized spacial score (nSPS) is 13.5. The quantitative estimate of drug-likeness (QED) is 0.101. The third-order valence-corrected chi connectivity index (χ3v) is 6.99. The number of aromatic carboxylic acids is 4. The Hall–Kier alpha value is -5.78. The lowest BCUT2D eigenvalue weighted by Crippen LogP contribution is -2.21. The van der Waals surface area contributed by atoms with Crippen molar-refractivity contribution >= 4 is 23.9 Å². The van der Waals surface area contributed by atoms with Crippen LogP contribution in [0.4, 0.5) is 17.6 Å². The van der Waals surface area contributed by atoms with Crippen molar-refractivity contribution in [1.82, 2.24) is 0 Å². The van der Waals surface area contributed by atoms with Gasteiger partial charge in [-0.25, -0.2) is 36.7 Å². The van der Waals surface area contributed by atoms with E-state index in [1.54, 1.807) is 0 Å². The minimum atomic E-state index is -2.07. The molecule has 0 fully saturated rings. The number of allylic oxidation sites excluding steroid dienone is 4. The van der Waals surface area contributed by atoms with E-state index in [4.69, 9.17) is 0 Å². The molecule has 46 heavy (non-hydrogen) atoms. The molecule has 0 bridgehead atoms. The Morgan fingerprint density at radius 1 is 0.457 bits per heavy atom. The van der Waals surface area contributed by atoms with Crippen LogP contribution in [0, 0.1) is 0 Å². The predicted molar refractivity (Wildman–Crippen MR) is 161 cm³/mol. The molecule has 0 saturated heterocycles. The third-order valence-electron chi connectivity index (χ3n) is 6.99. The number of carboxylic acids is 4. The zero-order valence-electron chi connectivity index (χ0n) is 23.8. The molecule has 8 nitrogen and oxygen atoms in total. The Balaban J connectivity index is 2.78. The highest BCUT2D eigenvalue weighted by Gasteiger charge is 2.37. The van der Waals surface area contributed by atoms with Crippen molar-refractivity contribution < 1.29 is 57.2 Å². The predicted octanol–water partition coefficient (Wildman–Crippen LogP) is 8.60. The minimum Gasteiger partial charge on any atom is -0.478 e. The van der Waals surface area contributed by atoms with E-state index in [9.17, 15) is 57.2 Å². The van der Waals surface area contributed by atoms with Gasteiger partial charge in [0.15, 0.2) is 0 Å². The molecule has 0 aliphatic rings. The molecule has 0 aromatic heterocycles.